The van der Waals surface area contributed by atoms with Crippen LogP contribution in [0.5, 0.6) is 0 Å². The molecule has 0 aromatic rings. The van der Waals surface area contributed by atoms with Gasteiger partial charge in [-0.1, -0.05) is 13.8 Å². The fourth-order valence-electron chi connectivity index (χ4n) is 0.948. The first-order valence-corrected chi connectivity index (χ1v) is 6.93. The van der Waals surface area contributed by atoms with E-state index in [4.69, 9.17) is 4.74 Å². The number of sulfone groups is 1. The van der Waals surface area contributed by atoms with Gasteiger partial charge in [-0.15, -0.1) is 0 Å². The lowest BCUT2D eigenvalue weighted by atomic mass is 10.5. The third-order valence-electron chi connectivity index (χ3n) is 1.86. The molecule has 0 fully saturated rings. The first-order chi connectivity index (χ1) is 6.62. The van der Waals surface area contributed by atoms with Gasteiger partial charge in [0.05, 0.1) is 12.4 Å². The molecule has 5 heteroatoms. The quantitative estimate of drug-likeness (QED) is 0.576. The molecule has 0 rings (SSSR count). The third kappa shape index (κ3) is 8.47. The molecule has 0 aliphatic heterocycles. The van der Waals surface area contributed by atoms with E-state index in [0.29, 0.717) is 19.6 Å². The third-order valence-corrected chi connectivity index (χ3v) is 3.65. The van der Waals surface area contributed by atoms with Gasteiger partial charge in [0.2, 0.25) is 0 Å². The minimum atomic E-state index is -2.81. The van der Waals surface area contributed by atoms with Gasteiger partial charge in [0.1, 0.15) is 9.84 Å². The molecule has 4 nitrogen and oxygen atoms in total. The molecule has 0 spiro atoms. The predicted octanol–water partition coefficient (Wildman–Crippen LogP) is 0.437. The number of hydrogen-bond donors (Lipinski definition) is 1. The highest BCUT2D eigenvalue weighted by molar-refractivity contribution is 7.91. The number of ether oxygens (including phenoxy) is 1. The summed E-state index contributed by atoms with van der Waals surface area (Å²) in [6, 6.07) is 0. The second-order valence-electron chi connectivity index (χ2n) is 3.06. The van der Waals surface area contributed by atoms with E-state index in [1.165, 1.54) is 0 Å². The lowest BCUT2D eigenvalue weighted by Crippen LogP contribution is -2.19. The molecule has 0 saturated carbocycles. The number of rotatable bonds is 9. The largest absolute Gasteiger partial charge is 0.380 e. The highest BCUT2D eigenvalue weighted by Gasteiger charge is 2.05. The average Bonchev–Trinajstić information content (AvgIpc) is 2.16. The van der Waals surface area contributed by atoms with Crippen LogP contribution in [-0.4, -0.2) is 46.2 Å². The smallest absolute Gasteiger partial charge is 0.150 e. The first-order valence-electron chi connectivity index (χ1n) is 5.11. The zero-order chi connectivity index (χ0) is 10.9. The van der Waals surface area contributed by atoms with Crippen molar-refractivity contribution >= 4 is 9.84 Å². The monoisotopic (exact) mass is 223 g/mol. The molecule has 0 radical (unpaired) electrons. The highest BCUT2D eigenvalue weighted by Crippen LogP contribution is 1.93. The van der Waals surface area contributed by atoms with Crippen LogP contribution in [0, 0.1) is 0 Å². The van der Waals surface area contributed by atoms with Crippen LogP contribution in [-0.2, 0) is 14.6 Å². The Bertz CT molecular complexity index is 214. The Balaban J connectivity index is 3.22. The molecular weight excluding hydrogens is 202 g/mol. The van der Waals surface area contributed by atoms with Crippen molar-refractivity contribution in [1.29, 1.82) is 0 Å². The van der Waals surface area contributed by atoms with Crippen LogP contribution in [0.2, 0.25) is 0 Å². The minimum Gasteiger partial charge on any atom is -0.380 e. The molecule has 0 saturated heterocycles. The Kier molecular flexibility index (Phi) is 8.12. The maximum absolute atomic E-state index is 11.1. The van der Waals surface area contributed by atoms with E-state index >= 15 is 0 Å². The van der Waals surface area contributed by atoms with Crippen molar-refractivity contribution in [3.63, 3.8) is 0 Å². The average molecular weight is 223 g/mol. The Morgan fingerprint density at radius 3 is 2.50 bits per heavy atom. The molecule has 0 amide bonds. The Labute approximate surface area is 86.9 Å². The molecule has 0 aliphatic carbocycles. The van der Waals surface area contributed by atoms with Crippen LogP contribution in [0.3, 0.4) is 0 Å². The molecule has 0 bridgehead atoms. The number of nitrogens with one attached hydrogen (secondary N) is 1. The van der Waals surface area contributed by atoms with Crippen LogP contribution in [0.15, 0.2) is 0 Å². The van der Waals surface area contributed by atoms with E-state index in [0.717, 1.165) is 13.1 Å². The maximum atomic E-state index is 11.1. The van der Waals surface area contributed by atoms with Crippen LogP contribution >= 0.6 is 0 Å². The SMILES string of the molecule is CCNCCOCCCS(=O)(=O)CC. The van der Waals surface area contributed by atoms with Crippen LogP contribution < -0.4 is 5.32 Å². The minimum absolute atomic E-state index is 0.227. The van der Waals surface area contributed by atoms with Crippen molar-refractivity contribution in [2.45, 2.75) is 20.3 Å². The second-order valence-corrected chi connectivity index (χ2v) is 5.53. The van der Waals surface area contributed by atoms with Gasteiger partial charge in [-0.3, -0.25) is 0 Å². The van der Waals surface area contributed by atoms with E-state index in [1.54, 1.807) is 6.92 Å². The van der Waals surface area contributed by atoms with Gasteiger partial charge < -0.3 is 10.1 Å². The van der Waals surface area contributed by atoms with Crippen molar-refractivity contribution in [1.82, 2.24) is 5.32 Å². The summed E-state index contributed by atoms with van der Waals surface area (Å²) in [6.45, 7) is 6.66. The number of likely N-dealkylation sites (N-methyl/N-ethyl adjacent to an activating group) is 1. The molecule has 1 N–H and O–H groups in total. The molecule has 0 aromatic heterocycles. The van der Waals surface area contributed by atoms with E-state index in [2.05, 4.69) is 5.32 Å². The van der Waals surface area contributed by atoms with Crippen LogP contribution in [0.1, 0.15) is 20.3 Å². The summed E-state index contributed by atoms with van der Waals surface area (Å²) in [5.74, 6) is 0.467. The predicted molar refractivity (Wildman–Crippen MR) is 58.3 cm³/mol. The Morgan fingerprint density at radius 1 is 1.21 bits per heavy atom. The molecule has 0 heterocycles. The van der Waals surface area contributed by atoms with Crippen LogP contribution in [0.25, 0.3) is 0 Å². The fraction of sp³-hybridized carbons (Fsp3) is 1.00. The van der Waals surface area contributed by atoms with Gasteiger partial charge in [0.25, 0.3) is 0 Å². The summed E-state index contributed by atoms with van der Waals surface area (Å²) in [7, 11) is -2.81. The molecule has 0 aliphatic rings. The van der Waals surface area contributed by atoms with E-state index < -0.39 is 9.84 Å². The maximum Gasteiger partial charge on any atom is 0.150 e. The van der Waals surface area contributed by atoms with Gasteiger partial charge in [-0.2, -0.15) is 0 Å². The van der Waals surface area contributed by atoms with Crippen molar-refractivity contribution in [3.05, 3.63) is 0 Å². The summed E-state index contributed by atoms with van der Waals surface area (Å²) >= 11 is 0. The molecular formula is C9H21NO3S. The van der Waals surface area contributed by atoms with Gasteiger partial charge in [0.15, 0.2) is 0 Å². The van der Waals surface area contributed by atoms with Crippen molar-refractivity contribution in [2.75, 3.05) is 37.8 Å². The molecule has 0 atom stereocenters. The second kappa shape index (κ2) is 8.20. The van der Waals surface area contributed by atoms with Gasteiger partial charge >= 0.3 is 0 Å². The zero-order valence-corrected chi connectivity index (χ0v) is 9.90. The summed E-state index contributed by atoms with van der Waals surface area (Å²) in [6.07, 6.45) is 0.600. The first kappa shape index (κ1) is 13.9. The highest BCUT2D eigenvalue weighted by atomic mass is 32.2. The summed E-state index contributed by atoms with van der Waals surface area (Å²) in [5, 5.41) is 3.12. The summed E-state index contributed by atoms with van der Waals surface area (Å²) < 4.78 is 27.4. The lowest BCUT2D eigenvalue weighted by molar-refractivity contribution is 0.137. The number of hydrogen-bond acceptors (Lipinski definition) is 4. The molecule has 0 aromatic carbocycles. The van der Waals surface area contributed by atoms with Crippen molar-refractivity contribution < 1.29 is 13.2 Å². The van der Waals surface area contributed by atoms with Gasteiger partial charge in [-0.25, -0.2) is 8.42 Å². The molecule has 86 valence electrons. The van der Waals surface area contributed by atoms with E-state index in [-0.39, 0.29) is 11.5 Å². The van der Waals surface area contributed by atoms with Gasteiger partial charge in [0, 0.05) is 18.9 Å². The van der Waals surface area contributed by atoms with E-state index in [9.17, 15) is 8.42 Å². The van der Waals surface area contributed by atoms with Crippen molar-refractivity contribution in [3.8, 4) is 0 Å². The fourth-order valence-corrected chi connectivity index (χ4v) is 1.79. The normalized spacial score (nSPS) is 11.9. The summed E-state index contributed by atoms with van der Waals surface area (Å²) in [5.41, 5.74) is 0. The standard InChI is InChI=1S/C9H21NO3S/c1-3-10-6-8-13-7-5-9-14(11,12)4-2/h10H,3-9H2,1-2H3. The Morgan fingerprint density at radius 2 is 1.93 bits per heavy atom. The van der Waals surface area contributed by atoms with Gasteiger partial charge in [-0.05, 0) is 13.0 Å². The lowest BCUT2D eigenvalue weighted by Gasteiger charge is -2.04. The molecule has 0 unspecified atom stereocenters. The summed E-state index contributed by atoms with van der Waals surface area (Å²) in [4.78, 5) is 0. The topological polar surface area (TPSA) is 55.4 Å². The van der Waals surface area contributed by atoms with E-state index in [1.807, 2.05) is 6.92 Å². The Hall–Kier alpha value is -0.130. The van der Waals surface area contributed by atoms with Crippen LogP contribution in [0.4, 0.5) is 0 Å². The zero-order valence-electron chi connectivity index (χ0n) is 9.08. The van der Waals surface area contributed by atoms with Crippen molar-refractivity contribution in [2.24, 2.45) is 0 Å². The molecule has 14 heavy (non-hydrogen) atoms.